The Morgan fingerprint density at radius 3 is 2.67 bits per heavy atom. The maximum Gasteiger partial charge on any atom is 0.290 e. The number of carbonyl (C=O) groups is 2. The highest BCUT2D eigenvalue weighted by molar-refractivity contribution is 8.18. The molecule has 1 aliphatic carbocycles. The third kappa shape index (κ3) is 5.19. The van der Waals surface area contributed by atoms with Gasteiger partial charge in [-0.1, -0.05) is 6.07 Å². The van der Waals surface area contributed by atoms with Gasteiger partial charge in [-0.25, -0.2) is 15.0 Å². The zero-order valence-corrected chi connectivity index (χ0v) is 16.9. The van der Waals surface area contributed by atoms with Crippen LogP contribution in [0.5, 0.6) is 0 Å². The van der Waals surface area contributed by atoms with E-state index in [-0.39, 0.29) is 11.3 Å². The third-order valence-corrected chi connectivity index (χ3v) is 5.89. The number of carbonyl (C=O) groups excluding carboxylic acids is 2. The molecule has 156 valence electrons. The van der Waals surface area contributed by atoms with Gasteiger partial charge in [-0.3, -0.25) is 14.9 Å². The van der Waals surface area contributed by atoms with E-state index in [0.29, 0.717) is 34.7 Å². The summed E-state index contributed by atoms with van der Waals surface area (Å²) < 4.78 is 13.6. The van der Waals surface area contributed by atoms with E-state index in [1.807, 2.05) is 0 Å². The number of hydrogen-bond acceptors (Lipinski definition) is 8. The second-order valence-corrected chi connectivity index (χ2v) is 8.20. The summed E-state index contributed by atoms with van der Waals surface area (Å²) in [4.78, 5) is 35.6. The lowest BCUT2D eigenvalue weighted by atomic mass is 9.91. The molecular weight excluding hydrogens is 407 g/mol. The van der Waals surface area contributed by atoms with Crippen LogP contribution in [0.25, 0.3) is 6.08 Å². The number of nitrogens with zero attached hydrogens (tertiary/aromatic N) is 3. The van der Waals surface area contributed by atoms with E-state index in [0.717, 1.165) is 37.4 Å². The van der Waals surface area contributed by atoms with Crippen molar-refractivity contribution in [1.82, 2.24) is 25.6 Å². The zero-order valence-electron chi connectivity index (χ0n) is 16.1. The van der Waals surface area contributed by atoms with E-state index in [4.69, 9.17) is 0 Å². The SMILES string of the molecule is O=C1NC(=O)/C(=C/c2ccnc(N[C@H]3CC[C@H](NCc4cccnc4F)CC3)n2)S1. The summed E-state index contributed by atoms with van der Waals surface area (Å²) in [7, 11) is 0. The van der Waals surface area contributed by atoms with Crippen LogP contribution in [0.1, 0.15) is 36.9 Å². The maximum atomic E-state index is 13.6. The van der Waals surface area contributed by atoms with Crippen molar-refractivity contribution in [3.8, 4) is 0 Å². The largest absolute Gasteiger partial charge is 0.351 e. The van der Waals surface area contributed by atoms with Crippen molar-refractivity contribution in [3.63, 3.8) is 0 Å². The fraction of sp³-hybridized carbons (Fsp3) is 0.350. The molecule has 1 saturated carbocycles. The van der Waals surface area contributed by atoms with Crippen LogP contribution in [0.2, 0.25) is 0 Å². The van der Waals surface area contributed by atoms with Crippen LogP contribution in [-0.2, 0) is 11.3 Å². The minimum atomic E-state index is -0.426. The van der Waals surface area contributed by atoms with Gasteiger partial charge >= 0.3 is 0 Å². The lowest BCUT2D eigenvalue weighted by Crippen LogP contribution is -2.37. The first kappa shape index (κ1) is 20.4. The number of hydrogen-bond donors (Lipinski definition) is 3. The van der Waals surface area contributed by atoms with Crippen molar-refractivity contribution >= 4 is 34.9 Å². The Kier molecular flexibility index (Phi) is 6.34. The molecule has 2 aromatic heterocycles. The predicted molar refractivity (Wildman–Crippen MR) is 112 cm³/mol. The average molecular weight is 428 g/mol. The van der Waals surface area contributed by atoms with E-state index in [1.54, 1.807) is 30.5 Å². The van der Waals surface area contributed by atoms with E-state index < -0.39 is 11.9 Å². The van der Waals surface area contributed by atoms with Crippen molar-refractivity contribution in [2.45, 2.75) is 44.3 Å². The highest BCUT2D eigenvalue weighted by atomic mass is 32.2. The highest BCUT2D eigenvalue weighted by Gasteiger charge is 2.25. The Morgan fingerprint density at radius 1 is 1.13 bits per heavy atom. The lowest BCUT2D eigenvalue weighted by Gasteiger charge is -2.29. The molecule has 30 heavy (non-hydrogen) atoms. The molecule has 2 fully saturated rings. The predicted octanol–water partition coefficient (Wildman–Crippen LogP) is 2.85. The summed E-state index contributed by atoms with van der Waals surface area (Å²) in [5.74, 6) is -0.340. The zero-order chi connectivity index (χ0) is 20.9. The highest BCUT2D eigenvalue weighted by Crippen LogP contribution is 2.25. The number of amides is 2. The second kappa shape index (κ2) is 9.31. The Labute approximate surface area is 177 Å². The quantitative estimate of drug-likeness (QED) is 0.476. The molecule has 0 atom stereocenters. The molecule has 4 rings (SSSR count). The number of aromatic nitrogens is 3. The fourth-order valence-corrected chi connectivity index (χ4v) is 4.17. The molecule has 2 aromatic rings. The van der Waals surface area contributed by atoms with Crippen LogP contribution < -0.4 is 16.0 Å². The fourth-order valence-electron chi connectivity index (χ4n) is 3.51. The first-order valence-electron chi connectivity index (χ1n) is 9.74. The van der Waals surface area contributed by atoms with Gasteiger partial charge in [0.05, 0.1) is 10.6 Å². The number of halogens is 1. The first-order valence-corrected chi connectivity index (χ1v) is 10.6. The van der Waals surface area contributed by atoms with Gasteiger partial charge in [-0.15, -0.1) is 0 Å². The molecule has 0 radical (unpaired) electrons. The van der Waals surface area contributed by atoms with E-state index in [2.05, 4.69) is 30.9 Å². The van der Waals surface area contributed by atoms with Gasteiger partial charge in [0.15, 0.2) is 0 Å². The Hall–Kier alpha value is -2.85. The van der Waals surface area contributed by atoms with Crippen molar-refractivity contribution < 1.29 is 14.0 Å². The molecular formula is C20H21FN6O2S. The Morgan fingerprint density at radius 2 is 1.93 bits per heavy atom. The summed E-state index contributed by atoms with van der Waals surface area (Å²) in [6, 6.07) is 5.74. The van der Waals surface area contributed by atoms with E-state index in [9.17, 15) is 14.0 Å². The molecule has 2 amide bonds. The van der Waals surface area contributed by atoms with E-state index in [1.165, 1.54) is 6.20 Å². The molecule has 0 aromatic carbocycles. The smallest absolute Gasteiger partial charge is 0.290 e. The molecule has 3 heterocycles. The Bertz CT molecular complexity index is 977. The molecule has 8 nitrogen and oxygen atoms in total. The summed E-state index contributed by atoms with van der Waals surface area (Å²) >= 11 is 0.860. The molecule has 1 aliphatic heterocycles. The first-order chi connectivity index (χ1) is 14.6. The second-order valence-electron chi connectivity index (χ2n) is 7.18. The molecule has 10 heteroatoms. The van der Waals surface area contributed by atoms with Crippen molar-refractivity contribution in [3.05, 3.63) is 52.7 Å². The van der Waals surface area contributed by atoms with Crippen LogP contribution in [0, 0.1) is 5.95 Å². The van der Waals surface area contributed by atoms with Crippen LogP contribution in [0.3, 0.4) is 0 Å². The van der Waals surface area contributed by atoms with Crippen LogP contribution in [0.15, 0.2) is 35.5 Å². The summed E-state index contributed by atoms with van der Waals surface area (Å²) in [5.41, 5.74) is 1.14. The molecule has 3 N–H and O–H groups in total. The van der Waals surface area contributed by atoms with Gasteiger partial charge in [0.25, 0.3) is 11.1 Å². The van der Waals surface area contributed by atoms with Gasteiger partial charge in [0.2, 0.25) is 11.9 Å². The molecule has 2 aliphatic rings. The summed E-state index contributed by atoms with van der Waals surface area (Å²) in [6.45, 7) is 0.469. The summed E-state index contributed by atoms with van der Waals surface area (Å²) in [6.07, 6.45) is 8.45. The van der Waals surface area contributed by atoms with Crippen LogP contribution in [0.4, 0.5) is 15.1 Å². The van der Waals surface area contributed by atoms with Crippen molar-refractivity contribution in [2.24, 2.45) is 0 Å². The van der Waals surface area contributed by atoms with Gasteiger partial charge < -0.3 is 10.6 Å². The standard InChI is InChI=1S/C20H21FN6O2S/c21-17-12(2-1-8-22-17)11-24-13-3-5-14(6-4-13)25-19-23-9-7-15(26-19)10-16-18(28)27-20(29)30-16/h1-2,7-10,13-14,24H,3-6,11H2,(H,23,25,26)(H,27,28,29)/b16-10-/t13-,14-. The average Bonchev–Trinajstić information content (AvgIpc) is 3.05. The number of pyridine rings is 1. The molecule has 1 saturated heterocycles. The Balaban J connectivity index is 1.28. The number of anilines is 1. The van der Waals surface area contributed by atoms with Gasteiger partial charge in [0, 0.05) is 36.6 Å². The minimum absolute atomic E-state index is 0.242. The molecule has 0 unspecified atom stereocenters. The van der Waals surface area contributed by atoms with Crippen LogP contribution >= 0.6 is 11.8 Å². The van der Waals surface area contributed by atoms with Gasteiger partial charge in [0.1, 0.15) is 0 Å². The number of imide groups is 1. The minimum Gasteiger partial charge on any atom is -0.351 e. The lowest BCUT2D eigenvalue weighted by molar-refractivity contribution is -0.115. The van der Waals surface area contributed by atoms with Crippen LogP contribution in [-0.4, -0.2) is 38.2 Å². The summed E-state index contributed by atoms with van der Waals surface area (Å²) in [5, 5.41) is 8.60. The van der Waals surface area contributed by atoms with Crippen molar-refractivity contribution in [2.75, 3.05) is 5.32 Å². The normalized spacial score (nSPS) is 22.9. The molecule has 0 spiro atoms. The van der Waals surface area contributed by atoms with E-state index >= 15 is 0 Å². The third-order valence-electron chi connectivity index (χ3n) is 5.08. The maximum absolute atomic E-state index is 13.6. The molecule has 0 bridgehead atoms. The van der Waals surface area contributed by atoms with Gasteiger partial charge in [-0.2, -0.15) is 4.39 Å². The number of nitrogens with one attached hydrogen (secondary N) is 3. The topological polar surface area (TPSA) is 109 Å². The monoisotopic (exact) mass is 428 g/mol. The van der Waals surface area contributed by atoms with Crippen molar-refractivity contribution in [1.29, 1.82) is 0 Å². The van der Waals surface area contributed by atoms with Gasteiger partial charge in [-0.05, 0) is 55.7 Å². The number of thioether (sulfide) groups is 1. The number of rotatable bonds is 6.